The van der Waals surface area contributed by atoms with Crippen LogP contribution in [-0.2, 0) is 9.73 Å². The van der Waals surface area contributed by atoms with Crippen molar-refractivity contribution in [2.24, 2.45) is 4.36 Å². The third-order valence-electron chi connectivity index (χ3n) is 5.74. The summed E-state index contributed by atoms with van der Waals surface area (Å²) >= 11 is 1.48. The first-order valence-electron chi connectivity index (χ1n) is 10.6. The third kappa shape index (κ3) is 4.10. The second-order valence-corrected chi connectivity index (χ2v) is 11.1. The molecule has 5 rings (SSSR count). The normalized spacial score (nSPS) is 16.0. The first-order valence-corrected chi connectivity index (χ1v) is 13.1. The highest BCUT2D eigenvalue weighted by Gasteiger charge is 2.29. The van der Waals surface area contributed by atoms with Gasteiger partial charge < -0.3 is 0 Å². The van der Waals surface area contributed by atoms with E-state index in [0.29, 0.717) is 11.5 Å². The summed E-state index contributed by atoms with van der Waals surface area (Å²) in [5, 5.41) is 0.0293. The Balaban J connectivity index is 1.60. The molecule has 4 nitrogen and oxygen atoms in total. The molecule has 4 aromatic rings. The largest absolute Gasteiger partial charge is 0.244 e. The van der Waals surface area contributed by atoms with Gasteiger partial charge in [-0.2, -0.15) is 4.36 Å². The van der Waals surface area contributed by atoms with E-state index in [1.54, 1.807) is 17.8 Å². The van der Waals surface area contributed by atoms with Gasteiger partial charge in [0.1, 0.15) is 5.82 Å². The number of hydrogen-bond acceptors (Lipinski definition) is 5. The van der Waals surface area contributed by atoms with Crippen LogP contribution in [0.3, 0.4) is 0 Å². The molecule has 0 bridgehead atoms. The predicted octanol–water partition coefficient (Wildman–Crippen LogP) is 7.11. The fraction of sp³-hybridized carbons (Fsp3) is 0.200. The van der Waals surface area contributed by atoms with Crippen LogP contribution in [0.2, 0.25) is 0 Å². The number of benzene rings is 2. The van der Waals surface area contributed by atoms with Crippen molar-refractivity contribution in [3.63, 3.8) is 0 Å². The summed E-state index contributed by atoms with van der Waals surface area (Å²) in [7, 11) is -2.65. The van der Waals surface area contributed by atoms with Crippen LogP contribution < -0.4 is 0 Å². The first kappa shape index (κ1) is 21.0. The third-order valence-corrected chi connectivity index (χ3v) is 9.39. The summed E-state index contributed by atoms with van der Waals surface area (Å²) in [5.41, 5.74) is 4.06. The van der Waals surface area contributed by atoms with Gasteiger partial charge in [0.15, 0.2) is 5.82 Å². The molecule has 1 aliphatic carbocycles. The number of nitrogens with zero attached hydrogens (tertiary/aromatic N) is 3. The Morgan fingerprint density at radius 1 is 0.938 bits per heavy atom. The van der Waals surface area contributed by atoms with Crippen LogP contribution in [0, 0.1) is 5.82 Å². The number of rotatable bonds is 5. The molecule has 2 aromatic heterocycles. The van der Waals surface area contributed by atoms with Crippen LogP contribution in [0.5, 0.6) is 0 Å². The zero-order chi connectivity index (χ0) is 22.0. The smallest absolute Gasteiger partial charge is 0.162 e. The van der Waals surface area contributed by atoms with E-state index in [1.165, 1.54) is 23.5 Å². The molecule has 1 saturated carbocycles. The lowest BCUT2D eigenvalue weighted by molar-refractivity contribution is 0.628. The van der Waals surface area contributed by atoms with Gasteiger partial charge in [-0.25, -0.2) is 18.6 Å². The van der Waals surface area contributed by atoms with E-state index in [1.807, 2.05) is 48.5 Å². The summed E-state index contributed by atoms with van der Waals surface area (Å²) in [5.74, 6) is 0.146. The van der Waals surface area contributed by atoms with Gasteiger partial charge in [-0.3, -0.25) is 0 Å². The molecule has 0 amide bonds. The summed E-state index contributed by atoms with van der Waals surface area (Å²) in [6.07, 6.45) is 5.67. The Kier molecular flexibility index (Phi) is 5.85. The van der Waals surface area contributed by atoms with Crippen molar-refractivity contribution >= 4 is 26.9 Å². The van der Waals surface area contributed by atoms with Crippen LogP contribution in [0.25, 0.3) is 21.7 Å². The topological polar surface area (TPSA) is 55.2 Å². The van der Waals surface area contributed by atoms with Crippen LogP contribution in [0.15, 0.2) is 87.7 Å². The monoisotopic (exact) mass is 463 g/mol. The Labute approximate surface area is 191 Å². The predicted molar refractivity (Wildman–Crippen MR) is 128 cm³/mol. The molecule has 0 spiro atoms. The molecule has 1 aliphatic rings. The zero-order valence-corrected chi connectivity index (χ0v) is 19.0. The first-order chi connectivity index (χ1) is 15.6. The minimum Gasteiger partial charge on any atom is -0.244 e. The Morgan fingerprint density at radius 3 is 2.53 bits per heavy atom. The quantitative estimate of drug-likeness (QED) is 0.317. The van der Waals surface area contributed by atoms with Gasteiger partial charge in [-0.05, 0) is 54.8 Å². The average Bonchev–Trinajstić information content (AvgIpc) is 3.53. The van der Waals surface area contributed by atoms with Crippen molar-refractivity contribution in [1.82, 2.24) is 9.97 Å². The van der Waals surface area contributed by atoms with E-state index in [-0.39, 0.29) is 11.1 Å². The molecule has 1 atom stereocenters. The molecular formula is C25H22FN3OS2. The molecule has 1 fully saturated rings. The summed E-state index contributed by atoms with van der Waals surface area (Å²) in [4.78, 5) is 10.6. The fourth-order valence-corrected chi connectivity index (χ4v) is 7.53. The SMILES string of the molecule is O=S(=Nc1cc(-c2scnc2-c2cccc(F)c2)ccn1)(c1ccccc1)C1CCCC1. The highest BCUT2D eigenvalue weighted by atomic mass is 32.2. The van der Waals surface area contributed by atoms with E-state index >= 15 is 0 Å². The maximum absolute atomic E-state index is 14.2. The lowest BCUT2D eigenvalue weighted by Gasteiger charge is -2.17. The van der Waals surface area contributed by atoms with E-state index in [4.69, 9.17) is 4.36 Å². The van der Waals surface area contributed by atoms with E-state index in [9.17, 15) is 8.60 Å². The molecule has 32 heavy (non-hydrogen) atoms. The van der Waals surface area contributed by atoms with Crippen LogP contribution in [0.1, 0.15) is 25.7 Å². The Morgan fingerprint density at radius 2 is 1.75 bits per heavy atom. The van der Waals surface area contributed by atoms with E-state index in [2.05, 4.69) is 9.97 Å². The number of thiazole rings is 1. The van der Waals surface area contributed by atoms with Crippen molar-refractivity contribution in [3.05, 3.63) is 84.3 Å². The van der Waals surface area contributed by atoms with Gasteiger partial charge in [0.2, 0.25) is 0 Å². The minimum absolute atomic E-state index is 0.0293. The van der Waals surface area contributed by atoms with E-state index < -0.39 is 9.73 Å². The molecule has 1 unspecified atom stereocenters. The molecule has 2 heterocycles. The van der Waals surface area contributed by atoms with Gasteiger partial charge in [0.05, 0.1) is 25.8 Å². The van der Waals surface area contributed by atoms with Crippen molar-refractivity contribution < 1.29 is 8.60 Å². The molecule has 0 N–H and O–H groups in total. The Bertz CT molecular complexity index is 1350. The molecule has 2 aromatic carbocycles. The lowest BCUT2D eigenvalue weighted by atomic mass is 10.1. The van der Waals surface area contributed by atoms with Crippen molar-refractivity contribution in [1.29, 1.82) is 0 Å². The van der Waals surface area contributed by atoms with Gasteiger partial charge >= 0.3 is 0 Å². The Hall–Kier alpha value is -2.90. The molecule has 0 radical (unpaired) electrons. The van der Waals surface area contributed by atoms with Gasteiger partial charge in [0, 0.05) is 21.9 Å². The number of pyridine rings is 1. The van der Waals surface area contributed by atoms with Crippen molar-refractivity contribution in [3.8, 4) is 21.7 Å². The average molecular weight is 464 g/mol. The molecule has 7 heteroatoms. The number of hydrogen-bond donors (Lipinski definition) is 0. The molecular weight excluding hydrogens is 441 g/mol. The maximum atomic E-state index is 14.2. The second kappa shape index (κ2) is 8.92. The standard InChI is InChI=1S/C25H22FN3OS2/c26-20-8-6-7-18(15-20)24-25(31-17-28-24)19-13-14-27-23(16-19)29-32(30,22-11-4-5-12-22)21-9-2-1-3-10-21/h1-3,6-10,13-17,22H,4-5,11-12H2. The highest BCUT2D eigenvalue weighted by molar-refractivity contribution is 7.94. The summed E-state index contributed by atoms with van der Waals surface area (Å²) in [6.45, 7) is 0. The highest BCUT2D eigenvalue weighted by Crippen LogP contribution is 2.37. The fourth-order valence-electron chi connectivity index (χ4n) is 4.18. The molecule has 0 saturated heterocycles. The summed E-state index contributed by atoms with van der Waals surface area (Å²) < 4.78 is 32.8. The molecule has 162 valence electrons. The minimum atomic E-state index is -2.65. The van der Waals surface area contributed by atoms with Crippen LogP contribution >= 0.6 is 11.3 Å². The zero-order valence-electron chi connectivity index (χ0n) is 17.4. The number of aromatic nitrogens is 2. The van der Waals surface area contributed by atoms with Gasteiger partial charge in [-0.15, -0.1) is 11.3 Å². The van der Waals surface area contributed by atoms with Gasteiger partial charge in [0.25, 0.3) is 0 Å². The maximum Gasteiger partial charge on any atom is 0.162 e. The summed E-state index contributed by atoms with van der Waals surface area (Å²) in [6, 6.07) is 19.7. The number of halogens is 1. The van der Waals surface area contributed by atoms with Gasteiger partial charge in [-0.1, -0.05) is 43.2 Å². The van der Waals surface area contributed by atoms with E-state index in [0.717, 1.165) is 46.6 Å². The van der Waals surface area contributed by atoms with Crippen molar-refractivity contribution in [2.45, 2.75) is 35.8 Å². The molecule has 0 aliphatic heterocycles. The second-order valence-electron chi connectivity index (χ2n) is 7.82. The van der Waals surface area contributed by atoms with Crippen LogP contribution in [-0.4, -0.2) is 19.4 Å². The van der Waals surface area contributed by atoms with Crippen molar-refractivity contribution in [2.75, 3.05) is 0 Å². The van der Waals surface area contributed by atoms with Crippen LogP contribution in [0.4, 0.5) is 10.2 Å². The lowest BCUT2D eigenvalue weighted by Crippen LogP contribution is -2.17.